The van der Waals surface area contributed by atoms with Gasteiger partial charge in [0.05, 0.1) is 37.6 Å². The van der Waals surface area contributed by atoms with E-state index in [0.29, 0.717) is 62.6 Å². The monoisotopic (exact) mass is 1100 g/mol. The van der Waals surface area contributed by atoms with Crippen LogP contribution in [0.4, 0.5) is 0 Å². The molecule has 394 valence electrons. The Hall–Kier alpha value is -7.24. The van der Waals surface area contributed by atoms with Gasteiger partial charge in [0, 0.05) is 16.7 Å². The van der Waals surface area contributed by atoms with Crippen LogP contribution in [0, 0.1) is 23.7 Å². The van der Waals surface area contributed by atoms with Crippen molar-refractivity contribution >= 4 is 61.0 Å². The summed E-state index contributed by atoms with van der Waals surface area (Å²) in [5.74, 6) is 10.3. The molecule has 9 nitrogen and oxygen atoms in total. The van der Waals surface area contributed by atoms with Crippen LogP contribution in [0.25, 0.3) is 6.08 Å². The number of hydrogen-bond donors (Lipinski definition) is 0. The van der Waals surface area contributed by atoms with Crippen molar-refractivity contribution in [3.05, 3.63) is 239 Å². The van der Waals surface area contributed by atoms with E-state index in [1.165, 1.54) is 21.5 Å². The summed E-state index contributed by atoms with van der Waals surface area (Å²) in [5, 5.41) is 0.984. The third kappa shape index (κ3) is 16.1. The van der Waals surface area contributed by atoms with Crippen LogP contribution in [0.2, 0.25) is 0 Å². The van der Waals surface area contributed by atoms with Crippen LogP contribution in [0.15, 0.2) is 194 Å². The van der Waals surface area contributed by atoms with Gasteiger partial charge in [-0.2, -0.15) is 0 Å². The first kappa shape index (κ1) is 61.3. The van der Waals surface area contributed by atoms with Crippen molar-refractivity contribution < 1.29 is 42.8 Å². The zero-order chi connectivity index (χ0) is 51.2. The number of esters is 2. The Morgan fingerprint density at radius 3 is 1.26 bits per heavy atom. The van der Waals surface area contributed by atoms with E-state index < -0.39 is 5.31 Å². The Balaban J connectivity index is 0.000000257. The zero-order valence-corrected chi connectivity index (χ0v) is 43.2. The van der Waals surface area contributed by atoms with E-state index in [9.17, 15) is 14.4 Å². The van der Waals surface area contributed by atoms with Crippen molar-refractivity contribution in [3.8, 4) is 23.7 Å². The van der Waals surface area contributed by atoms with Gasteiger partial charge in [0.15, 0.2) is 12.6 Å². The van der Waals surface area contributed by atoms with Crippen molar-refractivity contribution in [1.29, 1.82) is 0 Å². The smallest absolute Gasteiger partial charge is 0.338 e. The summed E-state index contributed by atoms with van der Waals surface area (Å²) >= 11 is 4.52. The molecule has 0 spiro atoms. The van der Waals surface area contributed by atoms with Gasteiger partial charge >= 0.3 is 210 Å². The van der Waals surface area contributed by atoms with E-state index in [0.717, 1.165) is 28.4 Å². The summed E-state index contributed by atoms with van der Waals surface area (Å²) < 4.78 is 32.1. The molecule has 0 unspecified atom stereocenters. The number of aldehydes is 1. The third-order valence-electron chi connectivity index (χ3n) is 11.7. The molecule has 2 heterocycles. The predicted octanol–water partition coefficient (Wildman–Crippen LogP) is 13.4. The minimum Gasteiger partial charge on any atom is -0.462 e. The summed E-state index contributed by atoms with van der Waals surface area (Å²) in [6.45, 7) is 6.85. The summed E-state index contributed by atoms with van der Waals surface area (Å²) in [6, 6.07) is 63.1. The van der Waals surface area contributed by atoms with E-state index in [1.807, 2.05) is 42.5 Å². The molecule has 0 N–H and O–H groups in total. The van der Waals surface area contributed by atoms with E-state index in [-0.39, 0.29) is 46.8 Å². The molecule has 2 aliphatic rings. The summed E-state index contributed by atoms with van der Waals surface area (Å²) in [6.07, 6.45) is 4.65. The first-order valence-electron chi connectivity index (χ1n) is 23.9. The van der Waals surface area contributed by atoms with Gasteiger partial charge in [-0.1, -0.05) is 64.3 Å². The maximum Gasteiger partial charge on any atom is 0.338 e. The van der Waals surface area contributed by atoms with E-state index in [4.69, 9.17) is 28.4 Å². The van der Waals surface area contributed by atoms with Crippen molar-refractivity contribution in [1.82, 2.24) is 0 Å². The maximum atomic E-state index is 11.6. The van der Waals surface area contributed by atoms with E-state index in [2.05, 4.69) is 154 Å². The molecule has 2 saturated heterocycles. The first-order chi connectivity index (χ1) is 35.7. The molecule has 0 saturated carbocycles. The SMILES string of the molecule is BrP(Cc1ccc(C2OCCO2)cc1)(c1ccccc1)(c1ccccc1)c1ccccc1.C.C.C.CCOC(=O)c1ccc(C#CC=Cc2ccc(C3OCCO3)cc2)cc1.CCOC(=O)c1ccc(C#CC=O)cc1. The number of halogens is 1. The number of ether oxygens (including phenoxy) is 6. The minimum atomic E-state index is -2.98. The normalized spacial score (nSPS) is 13.2. The Kier molecular flexibility index (Phi) is 25.0. The van der Waals surface area contributed by atoms with Gasteiger partial charge < -0.3 is 18.9 Å². The standard InChI is InChI=1S/C28H26BrO2P.C22H20O4.C12H10O3.3CH4/c29-32(25-10-4-1-5-11-25,26-12-6-2-7-13-26,27-14-8-3-9-15-27)22-23-16-18-24(19-17-23)28-30-20-21-31-28;1-2-24-21(23)19-11-7-17(8-12-19)5-3-4-6-18-9-13-20(14-10-18)22-25-15-16-26-22;1-2-15-12(14)11-7-5-10(6-8-11)4-3-9-13;;;/h1-19,28H,20-22H2;4,6-14,22H,2,15-16H2,1H3;5-9H,2H2,1H3;3*1H4. The third-order valence-corrected chi connectivity index (χ3v) is 21.2. The fourth-order valence-electron chi connectivity index (χ4n) is 8.11. The maximum absolute atomic E-state index is 11.6. The first-order valence-corrected chi connectivity index (χ1v) is 28.4. The van der Waals surface area contributed by atoms with Crippen LogP contribution < -0.4 is 15.9 Å². The summed E-state index contributed by atoms with van der Waals surface area (Å²) in [5.41, 5.74) is 6.96. The zero-order valence-electron chi connectivity index (χ0n) is 40.7. The Morgan fingerprint density at radius 1 is 0.526 bits per heavy atom. The Morgan fingerprint density at radius 2 is 0.895 bits per heavy atom. The van der Waals surface area contributed by atoms with Gasteiger partial charge in [0.2, 0.25) is 0 Å². The van der Waals surface area contributed by atoms with Gasteiger partial charge in [-0.15, -0.1) is 0 Å². The second-order valence-corrected chi connectivity index (χ2v) is 25.4. The molecule has 0 bridgehead atoms. The van der Waals surface area contributed by atoms with Gasteiger partial charge in [-0.25, -0.2) is 9.59 Å². The molecular formula is C65H68BrO9P. The van der Waals surface area contributed by atoms with Crippen LogP contribution in [0.5, 0.6) is 0 Å². The van der Waals surface area contributed by atoms with Crippen molar-refractivity contribution in [3.63, 3.8) is 0 Å². The van der Waals surface area contributed by atoms with Crippen LogP contribution in [-0.4, -0.2) is 57.9 Å². The van der Waals surface area contributed by atoms with Gasteiger partial charge in [0.1, 0.15) is 0 Å². The fraction of sp³-hybridized carbons (Fsp3) is 0.215. The van der Waals surface area contributed by atoms with Crippen LogP contribution >= 0.6 is 20.8 Å². The minimum absolute atomic E-state index is 0. The number of carbonyl (C=O) groups is 3. The van der Waals surface area contributed by atoms with Crippen molar-refractivity contribution in [2.45, 2.75) is 54.9 Å². The summed E-state index contributed by atoms with van der Waals surface area (Å²) in [7, 11) is 0. The number of allylic oxidation sites excluding steroid dienone is 1. The van der Waals surface area contributed by atoms with Crippen molar-refractivity contribution in [2.24, 2.45) is 0 Å². The quantitative estimate of drug-likeness (QED) is 0.0512. The van der Waals surface area contributed by atoms with Gasteiger partial charge in [-0.05, 0) is 86.0 Å². The molecule has 0 aromatic heterocycles. The average Bonchev–Trinajstić information content (AvgIpc) is 4.28. The molecule has 11 heteroatoms. The number of rotatable bonds is 12. The molecule has 7 aromatic carbocycles. The molecule has 0 atom stereocenters. The van der Waals surface area contributed by atoms with Crippen LogP contribution in [-0.2, 0) is 39.4 Å². The molecule has 2 fully saturated rings. The largest absolute Gasteiger partial charge is 0.462 e. The Bertz CT molecular complexity index is 2920. The fourth-order valence-corrected chi connectivity index (χ4v) is 15.8. The van der Waals surface area contributed by atoms with Gasteiger partial charge in [-0.3, -0.25) is 4.79 Å². The predicted molar refractivity (Wildman–Crippen MR) is 314 cm³/mol. The van der Waals surface area contributed by atoms with E-state index in [1.54, 1.807) is 56.3 Å². The number of carbonyl (C=O) groups excluding carboxylic acids is 3. The number of hydrogen-bond acceptors (Lipinski definition) is 9. The van der Waals surface area contributed by atoms with Crippen LogP contribution in [0.3, 0.4) is 0 Å². The van der Waals surface area contributed by atoms with Gasteiger partial charge in [0.25, 0.3) is 0 Å². The number of benzene rings is 7. The Labute approximate surface area is 458 Å². The second-order valence-electron chi connectivity index (χ2n) is 16.5. The van der Waals surface area contributed by atoms with Crippen molar-refractivity contribution in [2.75, 3.05) is 39.6 Å². The molecule has 0 amide bonds. The van der Waals surface area contributed by atoms with E-state index >= 15 is 0 Å². The molecule has 2 aliphatic heterocycles. The molecular weight excluding hydrogens is 1040 g/mol. The summed E-state index contributed by atoms with van der Waals surface area (Å²) in [4.78, 5) is 32.8. The molecule has 76 heavy (non-hydrogen) atoms. The molecule has 0 radical (unpaired) electrons. The topological polar surface area (TPSA) is 107 Å². The molecule has 9 rings (SSSR count). The molecule has 0 aliphatic carbocycles. The van der Waals surface area contributed by atoms with Crippen LogP contribution in [0.1, 0.15) is 103 Å². The molecule has 7 aromatic rings. The average molecular weight is 1100 g/mol. The second kappa shape index (κ2) is 31.0.